The van der Waals surface area contributed by atoms with Gasteiger partial charge in [0.25, 0.3) is 0 Å². The minimum atomic E-state index is 0.650. The predicted molar refractivity (Wildman–Crippen MR) is 69.5 cm³/mol. The van der Waals surface area contributed by atoms with Crippen LogP contribution in [0.1, 0.15) is 49.8 Å². The summed E-state index contributed by atoms with van der Waals surface area (Å²) in [6.07, 6.45) is 5.09. The zero-order valence-corrected chi connectivity index (χ0v) is 11.0. The Morgan fingerprint density at radius 1 is 1.27 bits per heavy atom. The van der Waals surface area contributed by atoms with E-state index in [0.717, 1.165) is 13.0 Å². The van der Waals surface area contributed by atoms with Gasteiger partial charge in [0.05, 0.1) is 0 Å². The van der Waals surface area contributed by atoms with Crippen LogP contribution in [0.3, 0.4) is 0 Å². The fourth-order valence-corrected chi connectivity index (χ4v) is 2.50. The standard InChI is InChI=1S/C13H23NS/c1-4-6-7-11(3)14-10-13-9-8-12(5-2)15-13/h8-9,11,14H,4-7,10H2,1-3H3. The van der Waals surface area contributed by atoms with Crippen LogP contribution in [-0.2, 0) is 13.0 Å². The molecular formula is C13H23NS. The molecule has 2 heteroatoms. The van der Waals surface area contributed by atoms with E-state index in [4.69, 9.17) is 0 Å². The highest BCUT2D eigenvalue weighted by molar-refractivity contribution is 7.11. The van der Waals surface area contributed by atoms with Crippen LogP contribution in [0.15, 0.2) is 12.1 Å². The van der Waals surface area contributed by atoms with Gasteiger partial charge in [-0.15, -0.1) is 11.3 Å². The highest BCUT2D eigenvalue weighted by Crippen LogP contribution is 2.16. The van der Waals surface area contributed by atoms with Gasteiger partial charge in [0.1, 0.15) is 0 Å². The second-order valence-corrected chi connectivity index (χ2v) is 5.40. The van der Waals surface area contributed by atoms with E-state index in [9.17, 15) is 0 Å². The van der Waals surface area contributed by atoms with Gasteiger partial charge < -0.3 is 5.32 Å². The maximum absolute atomic E-state index is 3.58. The molecule has 0 saturated carbocycles. The average molecular weight is 225 g/mol. The Kier molecular flexibility index (Phi) is 5.96. The molecule has 0 fully saturated rings. The number of nitrogens with one attached hydrogen (secondary N) is 1. The largest absolute Gasteiger partial charge is 0.309 e. The van der Waals surface area contributed by atoms with Crippen molar-refractivity contribution in [2.75, 3.05) is 0 Å². The number of aryl methyl sites for hydroxylation is 1. The summed E-state index contributed by atoms with van der Waals surface area (Å²) < 4.78 is 0. The van der Waals surface area contributed by atoms with Crippen LogP contribution < -0.4 is 5.32 Å². The van der Waals surface area contributed by atoms with Gasteiger partial charge in [-0.25, -0.2) is 0 Å². The van der Waals surface area contributed by atoms with Gasteiger partial charge in [-0.1, -0.05) is 26.7 Å². The van der Waals surface area contributed by atoms with E-state index in [1.54, 1.807) is 0 Å². The predicted octanol–water partition coefficient (Wildman–Crippen LogP) is 3.98. The van der Waals surface area contributed by atoms with Gasteiger partial charge in [0.15, 0.2) is 0 Å². The summed E-state index contributed by atoms with van der Waals surface area (Å²) in [5.41, 5.74) is 0. The maximum atomic E-state index is 3.58. The zero-order chi connectivity index (χ0) is 11.1. The monoisotopic (exact) mass is 225 g/mol. The molecule has 0 aliphatic heterocycles. The summed E-state index contributed by atoms with van der Waals surface area (Å²) >= 11 is 1.94. The minimum Gasteiger partial charge on any atom is -0.309 e. The second-order valence-electron chi connectivity index (χ2n) is 4.15. The fraction of sp³-hybridized carbons (Fsp3) is 0.692. The molecule has 1 heterocycles. The molecule has 15 heavy (non-hydrogen) atoms. The van der Waals surface area contributed by atoms with Crippen LogP contribution >= 0.6 is 11.3 Å². The Balaban J connectivity index is 2.24. The summed E-state index contributed by atoms with van der Waals surface area (Å²) in [7, 11) is 0. The van der Waals surface area contributed by atoms with Crippen molar-refractivity contribution in [1.82, 2.24) is 5.32 Å². The van der Waals surface area contributed by atoms with Crippen molar-refractivity contribution in [3.63, 3.8) is 0 Å². The summed E-state index contributed by atoms with van der Waals surface area (Å²) in [5, 5.41) is 3.58. The van der Waals surface area contributed by atoms with E-state index in [1.807, 2.05) is 11.3 Å². The average Bonchev–Trinajstić information content (AvgIpc) is 2.71. The Labute approximate surface area is 97.9 Å². The second kappa shape index (κ2) is 7.02. The summed E-state index contributed by atoms with van der Waals surface area (Å²) in [6, 6.07) is 5.15. The Morgan fingerprint density at radius 2 is 2.00 bits per heavy atom. The number of rotatable bonds is 7. The molecule has 1 rings (SSSR count). The molecule has 0 aliphatic rings. The molecule has 0 spiro atoms. The molecular weight excluding hydrogens is 202 g/mol. The first kappa shape index (κ1) is 12.7. The van der Waals surface area contributed by atoms with Gasteiger partial charge in [-0.05, 0) is 31.9 Å². The molecule has 1 N–H and O–H groups in total. The van der Waals surface area contributed by atoms with Gasteiger partial charge in [0, 0.05) is 22.3 Å². The normalized spacial score (nSPS) is 13.0. The van der Waals surface area contributed by atoms with Crippen molar-refractivity contribution in [3.05, 3.63) is 21.9 Å². The third-order valence-electron chi connectivity index (χ3n) is 2.68. The number of hydrogen-bond donors (Lipinski definition) is 1. The van der Waals surface area contributed by atoms with E-state index in [2.05, 4.69) is 38.2 Å². The van der Waals surface area contributed by atoms with E-state index in [-0.39, 0.29) is 0 Å². The maximum Gasteiger partial charge on any atom is 0.0302 e. The molecule has 0 amide bonds. The molecule has 1 unspecified atom stereocenters. The quantitative estimate of drug-likeness (QED) is 0.740. The Morgan fingerprint density at radius 3 is 2.60 bits per heavy atom. The Hall–Kier alpha value is -0.340. The molecule has 0 bridgehead atoms. The number of unbranched alkanes of at least 4 members (excludes halogenated alkanes) is 1. The lowest BCUT2D eigenvalue weighted by Crippen LogP contribution is -2.24. The SMILES string of the molecule is CCCCC(C)NCc1ccc(CC)s1. The van der Waals surface area contributed by atoms with E-state index in [1.165, 1.54) is 29.0 Å². The van der Waals surface area contributed by atoms with Gasteiger partial charge >= 0.3 is 0 Å². The fourth-order valence-electron chi connectivity index (χ4n) is 1.59. The molecule has 86 valence electrons. The highest BCUT2D eigenvalue weighted by atomic mass is 32.1. The lowest BCUT2D eigenvalue weighted by atomic mass is 10.1. The molecule has 1 aromatic rings. The number of hydrogen-bond acceptors (Lipinski definition) is 2. The molecule has 1 atom stereocenters. The van der Waals surface area contributed by atoms with Crippen LogP contribution in [0.25, 0.3) is 0 Å². The molecule has 1 nitrogen and oxygen atoms in total. The molecule has 0 saturated heterocycles. The first-order valence-corrected chi connectivity index (χ1v) is 6.88. The molecule has 1 aromatic heterocycles. The number of thiophene rings is 1. The van der Waals surface area contributed by atoms with E-state index < -0.39 is 0 Å². The van der Waals surface area contributed by atoms with Crippen molar-refractivity contribution in [3.8, 4) is 0 Å². The first-order chi connectivity index (χ1) is 7.26. The molecule has 0 aliphatic carbocycles. The third-order valence-corrected chi connectivity index (χ3v) is 3.91. The Bertz CT molecular complexity index is 267. The summed E-state index contributed by atoms with van der Waals surface area (Å²) in [4.78, 5) is 2.96. The molecule has 0 aromatic carbocycles. The summed E-state index contributed by atoms with van der Waals surface area (Å²) in [6.45, 7) is 7.78. The van der Waals surface area contributed by atoms with E-state index >= 15 is 0 Å². The molecule has 0 radical (unpaired) electrons. The third kappa shape index (κ3) is 4.80. The minimum absolute atomic E-state index is 0.650. The lowest BCUT2D eigenvalue weighted by Gasteiger charge is -2.11. The van der Waals surface area contributed by atoms with Crippen LogP contribution in [0, 0.1) is 0 Å². The van der Waals surface area contributed by atoms with E-state index in [0.29, 0.717) is 6.04 Å². The smallest absolute Gasteiger partial charge is 0.0302 e. The van der Waals surface area contributed by atoms with Crippen molar-refractivity contribution in [2.24, 2.45) is 0 Å². The topological polar surface area (TPSA) is 12.0 Å². The van der Waals surface area contributed by atoms with Gasteiger partial charge in [-0.3, -0.25) is 0 Å². The van der Waals surface area contributed by atoms with Crippen molar-refractivity contribution < 1.29 is 0 Å². The van der Waals surface area contributed by atoms with Gasteiger partial charge in [-0.2, -0.15) is 0 Å². The van der Waals surface area contributed by atoms with Crippen molar-refractivity contribution >= 4 is 11.3 Å². The lowest BCUT2D eigenvalue weighted by molar-refractivity contribution is 0.497. The highest BCUT2D eigenvalue weighted by Gasteiger charge is 2.02. The van der Waals surface area contributed by atoms with Crippen molar-refractivity contribution in [2.45, 2.75) is 59.0 Å². The van der Waals surface area contributed by atoms with Crippen LogP contribution in [0.2, 0.25) is 0 Å². The first-order valence-electron chi connectivity index (χ1n) is 6.07. The van der Waals surface area contributed by atoms with Crippen LogP contribution in [-0.4, -0.2) is 6.04 Å². The van der Waals surface area contributed by atoms with Gasteiger partial charge in [0.2, 0.25) is 0 Å². The van der Waals surface area contributed by atoms with Crippen LogP contribution in [0.5, 0.6) is 0 Å². The van der Waals surface area contributed by atoms with Crippen LogP contribution in [0.4, 0.5) is 0 Å². The van der Waals surface area contributed by atoms with Crippen molar-refractivity contribution in [1.29, 1.82) is 0 Å². The zero-order valence-electron chi connectivity index (χ0n) is 10.2. The summed E-state index contributed by atoms with van der Waals surface area (Å²) in [5.74, 6) is 0.